The molecule has 43 heteroatoms. The number of rotatable bonds is 33. The molecule has 35 nitrogen and oxygen atoms in total. The fourth-order valence-corrected chi connectivity index (χ4v) is 17.5. The number of fused-ring (bicyclic) bond motifs is 4. The van der Waals surface area contributed by atoms with Crippen LogP contribution in [0.2, 0.25) is 20.1 Å². The van der Waals surface area contributed by atoms with Crippen LogP contribution >= 0.6 is 46.4 Å². The number of aliphatic hydroxyl groups is 3. The van der Waals surface area contributed by atoms with Gasteiger partial charge in [-0.25, -0.2) is 17.6 Å². The number of carbonyl (C=O) groups excluding carboxylic acids is 12. The lowest BCUT2D eigenvalue weighted by atomic mass is 10.1. The first-order valence-electron chi connectivity index (χ1n) is 44.0. The second-order valence-corrected chi connectivity index (χ2v) is 34.7. The molecule has 0 saturated heterocycles. The van der Waals surface area contributed by atoms with Gasteiger partial charge in [-0.1, -0.05) is 175 Å². The van der Waals surface area contributed by atoms with Gasteiger partial charge in [0, 0.05) is 76.0 Å². The molecule has 4 heterocycles. The van der Waals surface area contributed by atoms with E-state index < -0.39 is 125 Å². The molecule has 726 valence electrons. The average Bonchev–Trinajstić information content (AvgIpc) is 1.65. The third-order valence-corrected chi connectivity index (χ3v) is 25.1. The fourth-order valence-electron chi connectivity index (χ4n) is 16.7. The van der Waals surface area contributed by atoms with Crippen LogP contribution in [0.25, 0.3) is 43.6 Å². The van der Waals surface area contributed by atoms with E-state index in [-0.39, 0.29) is 156 Å². The molecule has 0 spiro atoms. The van der Waals surface area contributed by atoms with Crippen LogP contribution in [0.4, 0.5) is 17.6 Å². The Labute approximate surface area is 806 Å². The lowest BCUT2D eigenvalue weighted by Crippen LogP contribution is -2.50. The third-order valence-electron chi connectivity index (χ3n) is 23.9. The quantitative estimate of drug-likeness (QED) is 0.0171. The molecule has 12 amide bonds. The van der Waals surface area contributed by atoms with Gasteiger partial charge in [0.15, 0.2) is 22.8 Å². The van der Waals surface area contributed by atoms with Gasteiger partial charge in [-0.2, -0.15) is 20.4 Å². The first kappa shape index (κ1) is 103. The Morgan fingerprint density at radius 2 is 0.587 bits per heavy atom. The smallest absolute Gasteiger partial charge is 0.269 e. The number of nitrogens with zero attached hydrogens (tertiary/aromatic N) is 12. The zero-order chi connectivity index (χ0) is 99.5. The molecular formula is C95H100Cl4F4N20O15. The molecule has 15 rings (SSSR count). The molecule has 12 aromatic rings. The van der Waals surface area contributed by atoms with E-state index in [0.717, 1.165) is 0 Å². The molecule has 3 saturated carbocycles. The normalized spacial score (nSPS) is 16.1. The van der Waals surface area contributed by atoms with Crippen LogP contribution in [-0.2, 0) is 90.7 Å². The molecule has 0 radical (unpaired) electrons. The molecule has 4 aromatic heterocycles. The Morgan fingerprint density at radius 1 is 0.355 bits per heavy atom. The van der Waals surface area contributed by atoms with E-state index in [9.17, 15) is 90.4 Å². The van der Waals surface area contributed by atoms with Crippen LogP contribution in [0.1, 0.15) is 142 Å². The van der Waals surface area contributed by atoms with Gasteiger partial charge in [0.1, 0.15) is 49.4 Å². The van der Waals surface area contributed by atoms with Gasteiger partial charge < -0.3 is 79.1 Å². The number of aliphatic hydroxyl groups excluding tert-OH is 3. The molecule has 0 aliphatic heterocycles. The summed E-state index contributed by atoms with van der Waals surface area (Å²) in [6, 6.07) is 43.7. The SMILES string of the molecule is CC[C@@H](C)N(CC(=O)NCc1cccc(Cl)c1F)C(=O)Cn1nc(C(N)=O)c2ccccc21.NC(=O)c1nn(CC(=O)N(CC(=O)NCc2cccc(Cl)c2F)C2CCCC2O)c2ccccc12.NC(=O)c1nn(CC(=O)N(CC(=O)NCc2cccc(Cl)c2F)[C@@H]2CCC[C@H]2O)c2ccccc12.NC(=O)c1nn(CC(=O)N(CC(=O)NCc2cccc(Cl)c2F)[C@H]2CCC[C@@H]2O)c2ccccc12. The predicted molar refractivity (Wildman–Crippen MR) is 504 cm³/mol. The number of amides is 12. The molecule has 0 bridgehead atoms. The Kier molecular flexibility index (Phi) is 35.2. The first-order chi connectivity index (χ1) is 66.0. The average molecular weight is 1980 g/mol. The van der Waals surface area contributed by atoms with Crippen molar-refractivity contribution in [1.29, 1.82) is 0 Å². The van der Waals surface area contributed by atoms with Crippen LogP contribution in [0, 0.1) is 23.3 Å². The van der Waals surface area contributed by atoms with Crippen molar-refractivity contribution >= 4 is 161 Å². The van der Waals surface area contributed by atoms with Gasteiger partial charge in [-0.05, 0) is 120 Å². The van der Waals surface area contributed by atoms with Crippen molar-refractivity contribution in [2.75, 3.05) is 26.2 Å². The Bertz CT molecular complexity index is 6120. The van der Waals surface area contributed by atoms with E-state index in [2.05, 4.69) is 41.7 Å². The topological polar surface area (TPSA) is 502 Å². The number of nitrogens with one attached hydrogen (secondary N) is 4. The minimum absolute atomic E-state index is 0.0278. The summed E-state index contributed by atoms with van der Waals surface area (Å²) >= 11 is 23.2. The molecule has 7 atom stereocenters. The molecular weight excluding hydrogens is 1880 g/mol. The lowest BCUT2D eigenvalue weighted by Gasteiger charge is -2.30. The summed E-state index contributed by atoms with van der Waals surface area (Å²) in [4.78, 5) is 157. The molecule has 15 N–H and O–H groups in total. The number of carbonyl (C=O) groups is 12. The Balaban J connectivity index is 0.000000165. The zero-order valence-corrected chi connectivity index (χ0v) is 77.7. The minimum Gasteiger partial charge on any atom is -0.391 e. The maximum atomic E-state index is 14.1. The molecule has 2 unspecified atom stereocenters. The maximum absolute atomic E-state index is 14.1. The van der Waals surface area contributed by atoms with Crippen molar-refractivity contribution in [1.82, 2.24) is 80.0 Å². The highest BCUT2D eigenvalue weighted by molar-refractivity contribution is 6.32. The predicted octanol–water partition coefficient (Wildman–Crippen LogP) is 8.83. The van der Waals surface area contributed by atoms with Gasteiger partial charge in [0.05, 0.1) is 105 Å². The van der Waals surface area contributed by atoms with Crippen LogP contribution in [-0.4, -0.2) is 214 Å². The van der Waals surface area contributed by atoms with Gasteiger partial charge in [0.25, 0.3) is 23.6 Å². The highest BCUT2D eigenvalue weighted by Crippen LogP contribution is 2.32. The molecule has 138 heavy (non-hydrogen) atoms. The van der Waals surface area contributed by atoms with Crippen molar-refractivity contribution < 1.29 is 90.4 Å². The first-order valence-corrected chi connectivity index (χ1v) is 45.5. The van der Waals surface area contributed by atoms with E-state index in [0.29, 0.717) is 108 Å². The fraction of sp³-hybridized carbons (Fsp3) is 0.326. The molecule has 3 aliphatic rings. The van der Waals surface area contributed by atoms with Crippen molar-refractivity contribution in [2.45, 2.75) is 173 Å². The van der Waals surface area contributed by atoms with Gasteiger partial charge in [0.2, 0.25) is 47.3 Å². The standard InChI is InChI=1S/3C24H25ClFN5O4.C23H25ClFN5O3/c3*25-16-7-3-5-14(22(16)26)11-28-20(33)12-30(18-9-4-10-19(18)32)21(34)13-31-17-8-2-1-6-15(17)23(29-31)24(27)35;1-3-14(2)29(12-19(31)27-11-15-7-6-9-17(24)21(15)25)20(32)13-30-18-10-5-4-8-16(18)22(28-30)23(26)33/h3*1-3,5-8,18-19,32H,4,9-13H2,(H2,27,35)(H,28,33);4-10,14H,3,11-13H2,1-2H3,(H2,26,33)(H,27,31)/t2*18-,19-;;14-/m10.1/s1. The van der Waals surface area contributed by atoms with Gasteiger partial charge in [-0.15, -0.1) is 0 Å². The summed E-state index contributed by atoms with van der Waals surface area (Å²) in [6.45, 7) is 1.22. The summed E-state index contributed by atoms with van der Waals surface area (Å²) in [5, 5.41) is 60.5. The zero-order valence-electron chi connectivity index (χ0n) is 74.7. The molecule has 8 aromatic carbocycles. The van der Waals surface area contributed by atoms with Crippen LogP contribution in [0.15, 0.2) is 170 Å². The summed E-state index contributed by atoms with van der Waals surface area (Å²) in [7, 11) is 0. The second-order valence-electron chi connectivity index (χ2n) is 33.0. The van der Waals surface area contributed by atoms with Crippen molar-refractivity contribution in [2.24, 2.45) is 22.9 Å². The van der Waals surface area contributed by atoms with Crippen LogP contribution in [0.5, 0.6) is 0 Å². The summed E-state index contributed by atoms with van der Waals surface area (Å²) in [6.07, 6.45) is 3.59. The summed E-state index contributed by atoms with van der Waals surface area (Å²) < 4.78 is 62.0. The van der Waals surface area contributed by atoms with Gasteiger partial charge >= 0.3 is 0 Å². The van der Waals surface area contributed by atoms with E-state index >= 15 is 0 Å². The highest BCUT2D eigenvalue weighted by Gasteiger charge is 2.40. The van der Waals surface area contributed by atoms with Crippen LogP contribution in [0.3, 0.4) is 0 Å². The van der Waals surface area contributed by atoms with Crippen molar-refractivity contribution in [3.05, 3.63) is 258 Å². The number of aromatic nitrogens is 8. The van der Waals surface area contributed by atoms with Crippen molar-refractivity contribution in [3.63, 3.8) is 0 Å². The van der Waals surface area contributed by atoms with E-state index in [1.54, 1.807) is 121 Å². The highest BCUT2D eigenvalue weighted by atomic mass is 35.5. The van der Waals surface area contributed by atoms with Crippen LogP contribution < -0.4 is 44.2 Å². The number of halogens is 8. The maximum Gasteiger partial charge on any atom is 0.269 e. The number of nitrogens with two attached hydrogens (primary N) is 4. The lowest BCUT2D eigenvalue weighted by molar-refractivity contribution is -0.141. The summed E-state index contributed by atoms with van der Waals surface area (Å²) in [5.74, 6) is -9.00. The van der Waals surface area contributed by atoms with E-state index in [1.165, 1.54) is 86.9 Å². The molecule has 3 aliphatic carbocycles. The molecule has 3 fully saturated rings. The monoisotopic (exact) mass is 1980 g/mol. The minimum atomic E-state index is -0.771. The number of primary amides is 4. The van der Waals surface area contributed by atoms with Gasteiger partial charge in [-0.3, -0.25) is 76.3 Å². The Hall–Kier alpha value is -14.0. The Morgan fingerprint density at radius 3 is 0.812 bits per heavy atom. The second kappa shape index (κ2) is 47.2. The largest absolute Gasteiger partial charge is 0.391 e. The third kappa shape index (κ3) is 25.3. The van der Waals surface area contributed by atoms with E-state index in [4.69, 9.17) is 69.3 Å². The number of hydrogen-bond acceptors (Lipinski definition) is 19. The van der Waals surface area contributed by atoms with Crippen molar-refractivity contribution in [3.8, 4) is 0 Å². The summed E-state index contributed by atoms with van der Waals surface area (Å²) in [5.41, 5.74) is 25.1. The number of para-hydroxylation sites is 4. The number of benzene rings is 8. The number of hydrogen-bond donors (Lipinski definition) is 11. The van der Waals surface area contributed by atoms with E-state index in [1.807, 2.05) is 13.8 Å².